The van der Waals surface area contributed by atoms with Crippen LogP contribution in [0.4, 0.5) is 0 Å². The molecule has 0 aliphatic heterocycles. The molecular formula is C10H19NO5S. The van der Waals surface area contributed by atoms with Gasteiger partial charge < -0.3 is 9.84 Å². The Labute approximate surface area is 101 Å². The van der Waals surface area contributed by atoms with Gasteiger partial charge in [0.2, 0.25) is 10.0 Å². The summed E-state index contributed by atoms with van der Waals surface area (Å²) in [7, 11) is -3.35. The molecule has 0 radical (unpaired) electrons. The zero-order chi connectivity index (χ0) is 12.9. The highest BCUT2D eigenvalue weighted by Crippen LogP contribution is 2.26. The first-order valence-electron chi connectivity index (χ1n) is 5.75. The Bertz CT molecular complexity index is 354. The first-order chi connectivity index (χ1) is 7.94. The number of sulfonamides is 1. The molecule has 2 unspecified atom stereocenters. The van der Waals surface area contributed by atoms with Crippen LogP contribution in [0.25, 0.3) is 0 Å². The van der Waals surface area contributed by atoms with Gasteiger partial charge in [-0.2, -0.15) is 0 Å². The summed E-state index contributed by atoms with van der Waals surface area (Å²) in [6.07, 6.45) is 1.50. The van der Waals surface area contributed by atoms with E-state index in [4.69, 9.17) is 9.84 Å². The normalized spacial score (nSPS) is 25.0. The third-order valence-electron chi connectivity index (χ3n) is 2.83. The molecule has 7 heteroatoms. The zero-order valence-corrected chi connectivity index (χ0v) is 10.7. The van der Waals surface area contributed by atoms with Crippen LogP contribution in [0.2, 0.25) is 0 Å². The maximum Gasteiger partial charge on any atom is 0.306 e. The summed E-state index contributed by atoms with van der Waals surface area (Å²) in [5, 5.41) is 8.81. The molecule has 1 rings (SSSR count). The number of carbonyl (C=O) groups is 1. The third-order valence-corrected chi connectivity index (χ3v) is 4.23. The van der Waals surface area contributed by atoms with Crippen molar-refractivity contribution in [3.8, 4) is 0 Å². The van der Waals surface area contributed by atoms with Gasteiger partial charge in [0.25, 0.3) is 0 Å². The summed E-state index contributed by atoms with van der Waals surface area (Å²) in [6, 6.07) is -0.247. The van der Waals surface area contributed by atoms with Gasteiger partial charge in [0, 0.05) is 12.6 Å². The predicted molar refractivity (Wildman–Crippen MR) is 62.2 cm³/mol. The van der Waals surface area contributed by atoms with Crippen molar-refractivity contribution in [1.29, 1.82) is 0 Å². The molecule has 1 aliphatic rings. The molecule has 0 heterocycles. The average Bonchev–Trinajstić information content (AvgIpc) is 2.65. The van der Waals surface area contributed by atoms with Crippen molar-refractivity contribution in [2.75, 3.05) is 19.0 Å². The summed E-state index contributed by atoms with van der Waals surface area (Å²) in [5.41, 5.74) is 0. The quantitative estimate of drug-likeness (QED) is 0.641. The first-order valence-corrected chi connectivity index (χ1v) is 7.40. The lowest BCUT2D eigenvalue weighted by Crippen LogP contribution is -2.36. The van der Waals surface area contributed by atoms with E-state index in [0.29, 0.717) is 25.9 Å². The van der Waals surface area contributed by atoms with Crippen molar-refractivity contribution in [2.45, 2.75) is 32.2 Å². The SMILES string of the molecule is CCOCCS(=O)(=O)NC1CCC(C(=O)O)C1. The summed E-state index contributed by atoms with van der Waals surface area (Å²) in [4.78, 5) is 10.7. The highest BCUT2D eigenvalue weighted by molar-refractivity contribution is 7.89. The maximum atomic E-state index is 11.6. The van der Waals surface area contributed by atoms with E-state index in [-0.39, 0.29) is 18.4 Å². The molecular weight excluding hydrogens is 246 g/mol. The molecule has 100 valence electrons. The van der Waals surface area contributed by atoms with Crippen LogP contribution in [0.5, 0.6) is 0 Å². The zero-order valence-electron chi connectivity index (χ0n) is 9.89. The molecule has 0 spiro atoms. The smallest absolute Gasteiger partial charge is 0.306 e. The lowest BCUT2D eigenvalue weighted by atomic mass is 10.1. The summed E-state index contributed by atoms with van der Waals surface area (Å²) in [6.45, 7) is 2.45. The second-order valence-corrected chi connectivity index (χ2v) is 6.05. The monoisotopic (exact) mass is 265 g/mol. The molecule has 1 aliphatic carbocycles. The topological polar surface area (TPSA) is 92.7 Å². The second-order valence-electron chi connectivity index (χ2n) is 4.18. The van der Waals surface area contributed by atoms with Gasteiger partial charge in [-0.05, 0) is 26.2 Å². The van der Waals surface area contributed by atoms with E-state index in [1.807, 2.05) is 0 Å². The van der Waals surface area contributed by atoms with Crippen LogP contribution in [-0.2, 0) is 19.6 Å². The van der Waals surface area contributed by atoms with Gasteiger partial charge in [-0.1, -0.05) is 0 Å². The van der Waals surface area contributed by atoms with Crippen LogP contribution in [0.3, 0.4) is 0 Å². The van der Waals surface area contributed by atoms with E-state index >= 15 is 0 Å². The Morgan fingerprint density at radius 3 is 2.71 bits per heavy atom. The molecule has 17 heavy (non-hydrogen) atoms. The van der Waals surface area contributed by atoms with E-state index in [0.717, 1.165) is 0 Å². The fraction of sp³-hybridized carbons (Fsp3) is 0.900. The van der Waals surface area contributed by atoms with E-state index in [1.165, 1.54) is 0 Å². The van der Waals surface area contributed by atoms with Crippen molar-refractivity contribution >= 4 is 16.0 Å². The van der Waals surface area contributed by atoms with Crippen molar-refractivity contribution in [2.24, 2.45) is 5.92 Å². The molecule has 2 atom stereocenters. The standard InChI is InChI=1S/C10H19NO5S/c1-2-16-5-6-17(14,15)11-9-4-3-8(7-9)10(12)13/h8-9,11H,2-7H2,1H3,(H,12,13). The Morgan fingerprint density at radius 2 is 2.18 bits per heavy atom. The molecule has 0 bridgehead atoms. The van der Waals surface area contributed by atoms with Crippen LogP contribution in [0.1, 0.15) is 26.2 Å². The average molecular weight is 265 g/mol. The fourth-order valence-electron chi connectivity index (χ4n) is 1.94. The molecule has 0 amide bonds. The van der Waals surface area contributed by atoms with Gasteiger partial charge in [0.1, 0.15) is 0 Å². The third kappa shape index (κ3) is 5.01. The number of rotatable bonds is 7. The summed E-state index contributed by atoms with van der Waals surface area (Å²) < 4.78 is 30.7. The first kappa shape index (κ1) is 14.4. The summed E-state index contributed by atoms with van der Waals surface area (Å²) in [5.74, 6) is -1.34. The maximum absolute atomic E-state index is 11.6. The van der Waals surface area contributed by atoms with E-state index < -0.39 is 21.9 Å². The molecule has 1 fully saturated rings. The molecule has 6 nitrogen and oxygen atoms in total. The number of carboxylic acids is 1. The molecule has 0 saturated heterocycles. The minimum absolute atomic E-state index is 0.0743. The number of nitrogens with one attached hydrogen (secondary N) is 1. The Kier molecular flexibility index (Phi) is 5.35. The van der Waals surface area contributed by atoms with Crippen LogP contribution in [0.15, 0.2) is 0 Å². The minimum Gasteiger partial charge on any atom is -0.481 e. The molecule has 0 aromatic rings. The van der Waals surface area contributed by atoms with E-state index in [1.54, 1.807) is 6.92 Å². The van der Waals surface area contributed by atoms with Crippen LogP contribution >= 0.6 is 0 Å². The van der Waals surface area contributed by atoms with Crippen LogP contribution in [0, 0.1) is 5.92 Å². The van der Waals surface area contributed by atoms with Crippen LogP contribution < -0.4 is 4.72 Å². The van der Waals surface area contributed by atoms with Gasteiger partial charge in [-0.3, -0.25) is 4.79 Å². The number of aliphatic carboxylic acids is 1. The molecule has 0 aromatic carbocycles. The van der Waals surface area contributed by atoms with Crippen molar-refractivity contribution in [1.82, 2.24) is 4.72 Å². The lowest BCUT2D eigenvalue weighted by molar-refractivity contribution is -0.141. The second kappa shape index (κ2) is 6.32. The molecule has 2 N–H and O–H groups in total. The Hall–Kier alpha value is -0.660. The van der Waals surface area contributed by atoms with Crippen molar-refractivity contribution in [3.63, 3.8) is 0 Å². The molecule has 0 aromatic heterocycles. The van der Waals surface area contributed by atoms with Gasteiger partial charge in [-0.25, -0.2) is 13.1 Å². The number of hydrogen-bond acceptors (Lipinski definition) is 4. The van der Waals surface area contributed by atoms with Crippen LogP contribution in [-0.4, -0.2) is 44.5 Å². The van der Waals surface area contributed by atoms with Gasteiger partial charge in [0.15, 0.2) is 0 Å². The minimum atomic E-state index is -3.35. The van der Waals surface area contributed by atoms with Gasteiger partial charge >= 0.3 is 5.97 Å². The van der Waals surface area contributed by atoms with E-state index in [9.17, 15) is 13.2 Å². The largest absolute Gasteiger partial charge is 0.481 e. The summed E-state index contributed by atoms with van der Waals surface area (Å²) >= 11 is 0. The highest BCUT2D eigenvalue weighted by Gasteiger charge is 2.31. The fourth-order valence-corrected chi connectivity index (χ4v) is 3.12. The number of carboxylic acid groups (broad SMARTS) is 1. The predicted octanol–water partition coefficient (Wildman–Crippen LogP) is 0.196. The Morgan fingerprint density at radius 1 is 1.47 bits per heavy atom. The Balaban J connectivity index is 2.36. The van der Waals surface area contributed by atoms with E-state index in [2.05, 4.69) is 4.72 Å². The number of hydrogen-bond donors (Lipinski definition) is 2. The van der Waals surface area contributed by atoms with Gasteiger partial charge in [0.05, 0.1) is 18.3 Å². The lowest BCUT2D eigenvalue weighted by Gasteiger charge is -2.12. The van der Waals surface area contributed by atoms with Crippen molar-refractivity contribution < 1.29 is 23.1 Å². The highest BCUT2D eigenvalue weighted by atomic mass is 32.2. The number of ether oxygens (including phenoxy) is 1. The van der Waals surface area contributed by atoms with Gasteiger partial charge in [-0.15, -0.1) is 0 Å². The van der Waals surface area contributed by atoms with Crippen molar-refractivity contribution in [3.05, 3.63) is 0 Å². The molecule has 1 saturated carbocycles.